The van der Waals surface area contributed by atoms with Crippen molar-refractivity contribution in [3.05, 3.63) is 29.6 Å². The van der Waals surface area contributed by atoms with E-state index in [-0.39, 0.29) is 11.9 Å². The van der Waals surface area contributed by atoms with E-state index < -0.39 is 0 Å². The summed E-state index contributed by atoms with van der Waals surface area (Å²) in [6.45, 7) is 1.04. The van der Waals surface area contributed by atoms with E-state index in [1.165, 1.54) is 7.11 Å². The molecule has 106 valence electrons. The van der Waals surface area contributed by atoms with E-state index in [9.17, 15) is 4.39 Å². The van der Waals surface area contributed by atoms with Crippen molar-refractivity contribution in [3.8, 4) is 5.75 Å². The van der Waals surface area contributed by atoms with Crippen molar-refractivity contribution in [1.82, 2.24) is 10.2 Å². The highest BCUT2D eigenvalue weighted by atomic mass is 32.2. The summed E-state index contributed by atoms with van der Waals surface area (Å²) in [5.74, 6) is 2.21. The lowest BCUT2D eigenvalue weighted by atomic mass is 9.98. The number of nitrogens with one attached hydrogen (secondary N) is 1. The predicted molar refractivity (Wildman–Crippen MR) is 78.5 cm³/mol. The first-order valence-electron chi connectivity index (χ1n) is 6.46. The van der Waals surface area contributed by atoms with Gasteiger partial charge in [-0.2, -0.15) is 11.8 Å². The highest BCUT2D eigenvalue weighted by Gasteiger charge is 2.30. The SMILES string of the molecule is CNC(c1cccc(OC)c1F)C1CSCCN1C. The molecule has 3 nitrogen and oxygen atoms in total. The van der Waals surface area contributed by atoms with E-state index >= 15 is 0 Å². The minimum absolute atomic E-state index is 0.0205. The van der Waals surface area contributed by atoms with Gasteiger partial charge in [0.2, 0.25) is 0 Å². The lowest BCUT2D eigenvalue weighted by Gasteiger charge is -2.38. The number of ether oxygens (including phenoxy) is 1. The fourth-order valence-electron chi connectivity index (χ4n) is 2.54. The molecule has 2 rings (SSSR count). The Hall–Kier alpha value is -0.780. The third kappa shape index (κ3) is 3.04. The van der Waals surface area contributed by atoms with Gasteiger partial charge in [0, 0.05) is 29.7 Å². The van der Waals surface area contributed by atoms with Gasteiger partial charge < -0.3 is 10.1 Å². The maximum absolute atomic E-state index is 14.4. The van der Waals surface area contributed by atoms with Gasteiger partial charge in [0.1, 0.15) is 0 Å². The number of hydrogen-bond donors (Lipinski definition) is 1. The fourth-order valence-corrected chi connectivity index (χ4v) is 3.81. The zero-order valence-corrected chi connectivity index (χ0v) is 12.5. The number of thioether (sulfide) groups is 1. The number of hydrogen-bond acceptors (Lipinski definition) is 4. The molecular weight excluding hydrogens is 263 g/mol. The van der Waals surface area contributed by atoms with Crippen LogP contribution in [0.5, 0.6) is 5.75 Å². The molecule has 19 heavy (non-hydrogen) atoms. The van der Waals surface area contributed by atoms with E-state index in [0.29, 0.717) is 17.4 Å². The number of likely N-dealkylation sites (N-methyl/N-ethyl adjacent to an activating group) is 2. The van der Waals surface area contributed by atoms with E-state index in [1.807, 2.05) is 30.9 Å². The van der Waals surface area contributed by atoms with Crippen LogP contribution in [0.4, 0.5) is 4.39 Å². The minimum Gasteiger partial charge on any atom is -0.494 e. The summed E-state index contributed by atoms with van der Waals surface area (Å²) in [7, 11) is 5.49. The van der Waals surface area contributed by atoms with Crippen LogP contribution in [0.3, 0.4) is 0 Å². The van der Waals surface area contributed by atoms with Gasteiger partial charge in [-0.05, 0) is 20.2 Å². The predicted octanol–water partition coefficient (Wildman–Crippen LogP) is 2.14. The van der Waals surface area contributed by atoms with E-state index in [2.05, 4.69) is 17.3 Å². The molecule has 0 bridgehead atoms. The van der Waals surface area contributed by atoms with Crippen LogP contribution in [0.15, 0.2) is 18.2 Å². The van der Waals surface area contributed by atoms with E-state index in [0.717, 1.165) is 18.1 Å². The topological polar surface area (TPSA) is 24.5 Å². The third-order valence-corrected chi connectivity index (χ3v) is 4.74. The van der Waals surface area contributed by atoms with Crippen molar-refractivity contribution in [1.29, 1.82) is 0 Å². The number of rotatable bonds is 4. The van der Waals surface area contributed by atoms with Crippen LogP contribution >= 0.6 is 11.8 Å². The van der Waals surface area contributed by atoms with Crippen molar-refractivity contribution in [3.63, 3.8) is 0 Å². The lowest BCUT2D eigenvalue weighted by Crippen LogP contribution is -2.47. The van der Waals surface area contributed by atoms with Gasteiger partial charge in [0.25, 0.3) is 0 Å². The quantitative estimate of drug-likeness (QED) is 0.915. The molecule has 1 aromatic carbocycles. The van der Waals surface area contributed by atoms with Gasteiger partial charge in [-0.15, -0.1) is 0 Å². The number of nitrogens with zero attached hydrogens (tertiary/aromatic N) is 1. The Balaban J connectivity index is 2.31. The molecule has 1 saturated heterocycles. The molecule has 0 aromatic heterocycles. The first-order valence-corrected chi connectivity index (χ1v) is 7.62. The Labute approximate surface area is 118 Å². The molecule has 1 N–H and O–H groups in total. The summed E-state index contributed by atoms with van der Waals surface area (Å²) in [4.78, 5) is 2.30. The summed E-state index contributed by atoms with van der Waals surface area (Å²) in [5.41, 5.74) is 0.682. The molecule has 1 aliphatic heterocycles. The molecule has 2 atom stereocenters. The van der Waals surface area contributed by atoms with Gasteiger partial charge in [0.05, 0.1) is 13.2 Å². The molecule has 1 aromatic rings. The molecule has 0 amide bonds. The maximum Gasteiger partial charge on any atom is 0.169 e. The third-order valence-electron chi connectivity index (χ3n) is 3.69. The van der Waals surface area contributed by atoms with Crippen LogP contribution in [-0.4, -0.2) is 50.2 Å². The molecule has 2 unspecified atom stereocenters. The lowest BCUT2D eigenvalue weighted by molar-refractivity contribution is 0.218. The maximum atomic E-state index is 14.4. The number of benzene rings is 1. The standard InChI is InChI=1S/C14H21FN2OS/c1-16-14(11-9-19-8-7-17(11)2)10-5-4-6-12(18-3)13(10)15/h4-6,11,14,16H,7-9H2,1-3H3. The van der Waals surface area contributed by atoms with Crippen molar-refractivity contribution in [2.45, 2.75) is 12.1 Å². The molecule has 1 heterocycles. The largest absolute Gasteiger partial charge is 0.494 e. The molecule has 0 aliphatic carbocycles. The summed E-state index contributed by atoms with van der Waals surface area (Å²) in [6.07, 6.45) is 0. The molecule has 0 radical (unpaired) electrons. The van der Waals surface area contributed by atoms with E-state index in [1.54, 1.807) is 6.07 Å². The van der Waals surface area contributed by atoms with Crippen LogP contribution in [0, 0.1) is 5.82 Å². The average Bonchev–Trinajstić information content (AvgIpc) is 2.43. The highest BCUT2D eigenvalue weighted by Crippen LogP contribution is 2.31. The Kier molecular flexibility index (Phi) is 5.07. The average molecular weight is 284 g/mol. The molecule has 0 spiro atoms. The van der Waals surface area contributed by atoms with Crippen LogP contribution in [0.2, 0.25) is 0 Å². The molecular formula is C14H21FN2OS. The zero-order chi connectivity index (χ0) is 13.8. The molecule has 5 heteroatoms. The fraction of sp³-hybridized carbons (Fsp3) is 0.571. The molecule has 1 aliphatic rings. The van der Waals surface area contributed by atoms with Gasteiger partial charge in [-0.3, -0.25) is 4.90 Å². The summed E-state index contributed by atoms with van der Waals surface area (Å²) >= 11 is 1.93. The van der Waals surface area contributed by atoms with Crippen molar-refractivity contribution < 1.29 is 9.13 Å². The minimum atomic E-state index is -0.256. The second-order valence-electron chi connectivity index (χ2n) is 4.75. The highest BCUT2D eigenvalue weighted by molar-refractivity contribution is 7.99. The van der Waals surface area contributed by atoms with E-state index in [4.69, 9.17) is 4.74 Å². The van der Waals surface area contributed by atoms with Crippen molar-refractivity contribution in [2.75, 3.05) is 39.3 Å². The zero-order valence-electron chi connectivity index (χ0n) is 11.6. The monoisotopic (exact) mass is 284 g/mol. The molecule has 1 fully saturated rings. The normalized spacial score (nSPS) is 22.2. The summed E-state index contributed by atoms with van der Waals surface area (Å²) < 4.78 is 19.5. The van der Waals surface area contributed by atoms with Crippen molar-refractivity contribution >= 4 is 11.8 Å². The number of halogens is 1. The summed E-state index contributed by atoms with van der Waals surface area (Å²) in [5, 5.41) is 3.26. The molecule has 0 saturated carbocycles. The van der Waals surface area contributed by atoms with Crippen LogP contribution in [-0.2, 0) is 0 Å². The van der Waals surface area contributed by atoms with Gasteiger partial charge in [-0.25, -0.2) is 4.39 Å². The Morgan fingerprint density at radius 1 is 1.53 bits per heavy atom. The van der Waals surface area contributed by atoms with Crippen LogP contribution in [0.25, 0.3) is 0 Å². The second-order valence-corrected chi connectivity index (χ2v) is 5.90. The second kappa shape index (κ2) is 6.59. The van der Waals surface area contributed by atoms with Crippen molar-refractivity contribution in [2.24, 2.45) is 0 Å². The first-order chi connectivity index (χ1) is 9.19. The Morgan fingerprint density at radius 2 is 2.32 bits per heavy atom. The van der Waals surface area contributed by atoms with Gasteiger partial charge in [-0.1, -0.05) is 12.1 Å². The van der Waals surface area contributed by atoms with Crippen LogP contribution in [0.1, 0.15) is 11.6 Å². The first kappa shape index (κ1) is 14.6. The summed E-state index contributed by atoms with van der Waals surface area (Å²) in [6, 6.07) is 5.62. The van der Waals surface area contributed by atoms with Gasteiger partial charge in [0.15, 0.2) is 11.6 Å². The van der Waals surface area contributed by atoms with Crippen LogP contribution < -0.4 is 10.1 Å². The Bertz CT molecular complexity index is 430. The Morgan fingerprint density at radius 3 is 2.95 bits per heavy atom. The number of methoxy groups -OCH3 is 1. The smallest absolute Gasteiger partial charge is 0.169 e. The van der Waals surface area contributed by atoms with Gasteiger partial charge >= 0.3 is 0 Å².